The highest BCUT2D eigenvalue weighted by molar-refractivity contribution is 6.34. The van der Waals surface area contributed by atoms with Crippen LogP contribution in [0.4, 0.5) is 5.69 Å². The van der Waals surface area contributed by atoms with Crippen molar-refractivity contribution in [3.05, 3.63) is 28.3 Å². The van der Waals surface area contributed by atoms with E-state index < -0.39 is 0 Å². The molecule has 0 aliphatic heterocycles. The highest BCUT2D eigenvalue weighted by Gasteiger charge is 2.11. The summed E-state index contributed by atoms with van der Waals surface area (Å²) in [6.45, 7) is 3.48. The first kappa shape index (κ1) is 10.1. The number of carbonyl (C=O) groups is 1. The molecule has 0 aliphatic carbocycles. The minimum absolute atomic E-state index is 0.0122. The van der Waals surface area contributed by atoms with Crippen molar-refractivity contribution in [1.29, 1.82) is 0 Å². The standard InChI is InChI=1S/C10H12ClNO/c1-3-7-4-8(12)5-9(11)10(7)6(2)13/h4-5H,3,12H2,1-2H3. The van der Waals surface area contributed by atoms with Crippen molar-refractivity contribution in [2.24, 2.45) is 0 Å². The molecule has 0 saturated carbocycles. The molecule has 1 rings (SSSR count). The van der Waals surface area contributed by atoms with Gasteiger partial charge in [0.25, 0.3) is 0 Å². The maximum Gasteiger partial charge on any atom is 0.161 e. The first-order valence-corrected chi connectivity index (χ1v) is 4.53. The molecule has 0 bridgehead atoms. The largest absolute Gasteiger partial charge is 0.399 e. The van der Waals surface area contributed by atoms with E-state index in [1.54, 1.807) is 12.1 Å². The summed E-state index contributed by atoms with van der Waals surface area (Å²) in [5, 5.41) is 0.448. The van der Waals surface area contributed by atoms with E-state index in [1.165, 1.54) is 6.92 Å². The van der Waals surface area contributed by atoms with Crippen LogP contribution in [0.2, 0.25) is 5.02 Å². The Labute approximate surface area is 82.7 Å². The van der Waals surface area contributed by atoms with Crippen LogP contribution in [0.15, 0.2) is 12.1 Å². The van der Waals surface area contributed by atoms with Crippen molar-refractivity contribution in [1.82, 2.24) is 0 Å². The second kappa shape index (κ2) is 3.79. The molecule has 0 fully saturated rings. The van der Waals surface area contributed by atoms with Crippen molar-refractivity contribution in [2.45, 2.75) is 20.3 Å². The van der Waals surface area contributed by atoms with Crippen LogP contribution in [0, 0.1) is 0 Å². The second-order valence-electron chi connectivity index (χ2n) is 2.95. The number of ketones is 1. The lowest BCUT2D eigenvalue weighted by Gasteiger charge is -2.07. The van der Waals surface area contributed by atoms with E-state index in [9.17, 15) is 4.79 Å². The lowest BCUT2D eigenvalue weighted by Crippen LogP contribution is -2.01. The van der Waals surface area contributed by atoms with Gasteiger partial charge in [-0.15, -0.1) is 0 Å². The molecular weight excluding hydrogens is 186 g/mol. The Kier molecular flexibility index (Phi) is 2.94. The number of aryl methyl sites for hydroxylation is 1. The first-order chi connectivity index (χ1) is 6.06. The fraction of sp³-hybridized carbons (Fsp3) is 0.300. The molecule has 0 heterocycles. The molecule has 0 saturated heterocycles. The zero-order valence-electron chi connectivity index (χ0n) is 7.73. The van der Waals surface area contributed by atoms with Gasteiger partial charge in [0.1, 0.15) is 0 Å². The van der Waals surface area contributed by atoms with Crippen LogP contribution in [-0.4, -0.2) is 5.78 Å². The monoisotopic (exact) mass is 197 g/mol. The predicted molar refractivity (Wildman–Crippen MR) is 55.2 cm³/mol. The lowest BCUT2D eigenvalue weighted by atomic mass is 10.0. The first-order valence-electron chi connectivity index (χ1n) is 4.15. The number of halogens is 1. The molecule has 0 aromatic heterocycles. The lowest BCUT2D eigenvalue weighted by molar-refractivity contribution is 0.101. The average Bonchev–Trinajstić information content (AvgIpc) is 2.01. The van der Waals surface area contributed by atoms with Crippen molar-refractivity contribution in [3.8, 4) is 0 Å². The quantitative estimate of drug-likeness (QED) is 0.585. The van der Waals surface area contributed by atoms with Crippen molar-refractivity contribution >= 4 is 23.1 Å². The van der Waals surface area contributed by atoms with Crippen molar-refractivity contribution in [3.63, 3.8) is 0 Å². The molecule has 2 N–H and O–H groups in total. The van der Waals surface area contributed by atoms with E-state index in [-0.39, 0.29) is 5.78 Å². The third-order valence-corrected chi connectivity index (χ3v) is 2.23. The maximum atomic E-state index is 11.2. The third kappa shape index (κ3) is 2.01. The summed E-state index contributed by atoms with van der Waals surface area (Å²) in [6.07, 6.45) is 0.764. The molecule has 0 atom stereocenters. The minimum Gasteiger partial charge on any atom is -0.399 e. The average molecular weight is 198 g/mol. The molecule has 1 aromatic rings. The Morgan fingerprint density at radius 2 is 2.15 bits per heavy atom. The van der Waals surface area contributed by atoms with Gasteiger partial charge in [-0.25, -0.2) is 0 Å². The Bertz CT molecular complexity index is 347. The van der Waals surface area contributed by atoms with Gasteiger partial charge in [-0.05, 0) is 31.0 Å². The minimum atomic E-state index is -0.0122. The molecule has 13 heavy (non-hydrogen) atoms. The molecule has 0 unspecified atom stereocenters. The number of Topliss-reactive ketones (excluding diaryl/α,β-unsaturated/α-hetero) is 1. The topological polar surface area (TPSA) is 43.1 Å². The van der Waals surface area contributed by atoms with E-state index in [0.29, 0.717) is 16.3 Å². The van der Waals surface area contributed by atoms with E-state index in [4.69, 9.17) is 17.3 Å². The normalized spacial score (nSPS) is 10.1. The number of benzene rings is 1. The molecule has 1 aromatic carbocycles. The van der Waals surface area contributed by atoms with Crippen LogP contribution in [0.25, 0.3) is 0 Å². The predicted octanol–water partition coefficient (Wildman–Crippen LogP) is 2.69. The molecule has 0 spiro atoms. The van der Waals surface area contributed by atoms with Crippen LogP contribution in [0.5, 0.6) is 0 Å². The summed E-state index contributed by atoms with van der Waals surface area (Å²) < 4.78 is 0. The molecular formula is C10H12ClNO. The summed E-state index contributed by atoms with van der Waals surface area (Å²) >= 11 is 5.91. The Balaban J connectivity index is 3.38. The van der Waals surface area contributed by atoms with Gasteiger partial charge in [0.15, 0.2) is 5.78 Å². The van der Waals surface area contributed by atoms with Crippen LogP contribution in [-0.2, 0) is 6.42 Å². The zero-order chi connectivity index (χ0) is 10.0. The van der Waals surface area contributed by atoms with Gasteiger partial charge in [-0.3, -0.25) is 4.79 Å². The zero-order valence-corrected chi connectivity index (χ0v) is 8.48. The number of hydrogen-bond acceptors (Lipinski definition) is 2. The number of hydrogen-bond donors (Lipinski definition) is 1. The Hall–Kier alpha value is -1.02. The van der Waals surface area contributed by atoms with Gasteiger partial charge in [0.05, 0.1) is 5.02 Å². The molecule has 0 aliphatic rings. The molecule has 0 radical (unpaired) electrons. The van der Waals surface area contributed by atoms with E-state index in [0.717, 1.165) is 12.0 Å². The van der Waals surface area contributed by atoms with Crippen molar-refractivity contribution < 1.29 is 4.79 Å². The van der Waals surface area contributed by atoms with Gasteiger partial charge >= 0.3 is 0 Å². The fourth-order valence-corrected chi connectivity index (χ4v) is 1.74. The summed E-state index contributed by atoms with van der Waals surface area (Å²) in [4.78, 5) is 11.2. The van der Waals surface area contributed by atoms with Crippen LogP contribution >= 0.6 is 11.6 Å². The van der Waals surface area contributed by atoms with Gasteiger partial charge in [0, 0.05) is 11.3 Å². The Morgan fingerprint density at radius 1 is 1.54 bits per heavy atom. The molecule has 0 amide bonds. The molecule has 2 nitrogen and oxygen atoms in total. The number of rotatable bonds is 2. The van der Waals surface area contributed by atoms with E-state index in [2.05, 4.69) is 0 Å². The van der Waals surface area contributed by atoms with Gasteiger partial charge in [0.2, 0.25) is 0 Å². The van der Waals surface area contributed by atoms with Gasteiger partial charge < -0.3 is 5.73 Å². The van der Waals surface area contributed by atoms with Gasteiger partial charge in [-0.1, -0.05) is 18.5 Å². The SMILES string of the molecule is CCc1cc(N)cc(Cl)c1C(C)=O. The van der Waals surface area contributed by atoms with Crippen LogP contribution in [0.3, 0.4) is 0 Å². The van der Waals surface area contributed by atoms with Crippen LogP contribution < -0.4 is 5.73 Å². The highest BCUT2D eigenvalue weighted by atomic mass is 35.5. The van der Waals surface area contributed by atoms with E-state index >= 15 is 0 Å². The number of nitrogens with two attached hydrogens (primary N) is 1. The second-order valence-corrected chi connectivity index (χ2v) is 3.35. The number of carbonyl (C=O) groups excluding carboxylic acids is 1. The number of anilines is 1. The van der Waals surface area contributed by atoms with E-state index in [1.807, 2.05) is 6.92 Å². The molecule has 70 valence electrons. The van der Waals surface area contributed by atoms with Crippen LogP contribution in [0.1, 0.15) is 29.8 Å². The number of nitrogen functional groups attached to an aromatic ring is 1. The maximum absolute atomic E-state index is 11.2. The smallest absolute Gasteiger partial charge is 0.161 e. The summed E-state index contributed by atoms with van der Waals surface area (Å²) in [6, 6.07) is 3.40. The highest BCUT2D eigenvalue weighted by Crippen LogP contribution is 2.24. The molecule has 3 heteroatoms. The summed E-state index contributed by atoms with van der Waals surface area (Å²) in [5.41, 5.74) is 7.72. The van der Waals surface area contributed by atoms with Crippen molar-refractivity contribution in [2.75, 3.05) is 5.73 Å². The fourth-order valence-electron chi connectivity index (χ4n) is 1.36. The third-order valence-electron chi connectivity index (χ3n) is 1.93. The summed E-state index contributed by atoms with van der Waals surface area (Å²) in [7, 11) is 0. The van der Waals surface area contributed by atoms with Gasteiger partial charge in [-0.2, -0.15) is 0 Å². The summed E-state index contributed by atoms with van der Waals surface area (Å²) in [5.74, 6) is -0.0122. The Morgan fingerprint density at radius 3 is 2.62 bits per heavy atom.